The highest BCUT2D eigenvalue weighted by Gasteiger charge is 2.10. The highest BCUT2D eigenvalue weighted by atomic mass is 16.4. The molecule has 0 bridgehead atoms. The van der Waals surface area contributed by atoms with Crippen molar-refractivity contribution in [1.29, 1.82) is 0 Å². The van der Waals surface area contributed by atoms with Gasteiger partial charge in [0.05, 0.1) is 6.54 Å². The van der Waals surface area contributed by atoms with E-state index in [1.54, 1.807) is 6.92 Å². The van der Waals surface area contributed by atoms with Crippen LogP contribution in [0.15, 0.2) is 11.6 Å². The monoisotopic (exact) mass is 228 g/mol. The maximum atomic E-state index is 11.4. The minimum atomic E-state index is -1.01. The molecule has 6 nitrogen and oxygen atoms in total. The smallest absolute Gasteiger partial charge is 0.331 e. The summed E-state index contributed by atoms with van der Waals surface area (Å²) in [5, 5.41) is 10.9. The summed E-state index contributed by atoms with van der Waals surface area (Å²) in [6.45, 7) is 3.86. The molecule has 0 spiro atoms. The van der Waals surface area contributed by atoms with Gasteiger partial charge in [0, 0.05) is 18.7 Å². The normalized spacial score (nSPS) is 10.8. The number of rotatable bonds is 7. The number of carbonyl (C=O) groups is 3. The van der Waals surface area contributed by atoms with Gasteiger partial charge >= 0.3 is 5.97 Å². The SMILES string of the molecule is CCN(CC=C(C)C(=O)O)C(=O)CNC=O. The average Bonchev–Trinajstić information content (AvgIpc) is 2.26. The van der Waals surface area contributed by atoms with E-state index in [0.717, 1.165) is 0 Å². The minimum absolute atomic E-state index is 0.0721. The molecule has 6 heteroatoms. The van der Waals surface area contributed by atoms with E-state index in [1.165, 1.54) is 17.9 Å². The number of nitrogens with zero attached hydrogens (tertiary/aromatic N) is 1. The first-order valence-corrected chi connectivity index (χ1v) is 4.87. The minimum Gasteiger partial charge on any atom is -0.478 e. The van der Waals surface area contributed by atoms with Crippen LogP contribution in [0, 0.1) is 0 Å². The summed E-state index contributed by atoms with van der Waals surface area (Å²) in [5.41, 5.74) is 0.189. The van der Waals surface area contributed by atoms with Gasteiger partial charge < -0.3 is 15.3 Å². The Kier molecular flexibility index (Phi) is 6.58. The number of amides is 2. The quantitative estimate of drug-likeness (QED) is 0.459. The van der Waals surface area contributed by atoms with E-state index in [2.05, 4.69) is 5.32 Å². The summed E-state index contributed by atoms with van der Waals surface area (Å²) < 4.78 is 0. The zero-order valence-electron chi connectivity index (χ0n) is 9.40. The summed E-state index contributed by atoms with van der Waals surface area (Å²) in [4.78, 5) is 33.4. The Morgan fingerprint density at radius 3 is 2.50 bits per heavy atom. The molecule has 16 heavy (non-hydrogen) atoms. The lowest BCUT2D eigenvalue weighted by molar-refractivity contribution is -0.133. The molecule has 90 valence electrons. The second-order valence-electron chi connectivity index (χ2n) is 3.12. The number of hydrogen-bond donors (Lipinski definition) is 2. The molecule has 0 aliphatic carbocycles. The molecule has 0 rings (SSSR count). The largest absolute Gasteiger partial charge is 0.478 e. The molecule has 0 aliphatic rings. The van der Waals surface area contributed by atoms with Gasteiger partial charge in [-0.05, 0) is 13.8 Å². The predicted octanol–water partition coefficient (Wildman–Crippen LogP) is -0.388. The first-order chi connectivity index (χ1) is 7.52. The third kappa shape index (κ3) is 5.14. The molecule has 0 unspecified atom stereocenters. The van der Waals surface area contributed by atoms with Crippen molar-refractivity contribution in [1.82, 2.24) is 10.2 Å². The van der Waals surface area contributed by atoms with Crippen molar-refractivity contribution in [3.63, 3.8) is 0 Å². The molecule has 0 atom stereocenters. The Morgan fingerprint density at radius 1 is 1.44 bits per heavy atom. The van der Waals surface area contributed by atoms with Crippen LogP contribution >= 0.6 is 0 Å². The van der Waals surface area contributed by atoms with E-state index >= 15 is 0 Å². The Hall–Kier alpha value is -1.85. The molecular weight excluding hydrogens is 212 g/mol. The highest BCUT2D eigenvalue weighted by molar-refractivity contribution is 5.86. The number of hydrogen-bond acceptors (Lipinski definition) is 3. The van der Waals surface area contributed by atoms with Crippen LogP contribution < -0.4 is 5.32 Å². The van der Waals surface area contributed by atoms with Crippen molar-refractivity contribution in [2.75, 3.05) is 19.6 Å². The molecule has 0 aromatic heterocycles. The lowest BCUT2D eigenvalue weighted by Gasteiger charge is -2.18. The van der Waals surface area contributed by atoms with Gasteiger partial charge in [0.2, 0.25) is 12.3 Å². The maximum Gasteiger partial charge on any atom is 0.331 e. The first kappa shape index (κ1) is 14.2. The average molecular weight is 228 g/mol. The molecular formula is C10H16N2O4. The van der Waals surface area contributed by atoms with Gasteiger partial charge in [-0.1, -0.05) is 6.08 Å². The van der Waals surface area contributed by atoms with Gasteiger partial charge in [-0.2, -0.15) is 0 Å². The van der Waals surface area contributed by atoms with Gasteiger partial charge in [0.15, 0.2) is 0 Å². The van der Waals surface area contributed by atoms with Crippen LogP contribution in [0.2, 0.25) is 0 Å². The van der Waals surface area contributed by atoms with E-state index in [1.807, 2.05) is 0 Å². The van der Waals surface area contributed by atoms with Crippen LogP contribution in [-0.2, 0) is 14.4 Å². The summed E-state index contributed by atoms with van der Waals surface area (Å²) in [6, 6.07) is 0. The van der Waals surface area contributed by atoms with Crippen molar-refractivity contribution in [3.8, 4) is 0 Å². The molecule has 0 saturated carbocycles. The zero-order chi connectivity index (χ0) is 12.6. The standard InChI is InChI=1S/C10H16N2O4/c1-3-12(9(14)6-11-7-13)5-4-8(2)10(15)16/h4,7H,3,5-6H2,1-2H3,(H,11,13)(H,15,16). The molecule has 2 N–H and O–H groups in total. The molecule has 0 fully saturated rings. The van der Waals surface area contributed by atoms with Crippen molar-refractivity contribution in [2.24, 2.45) is 0 Å². The summed E-state index contributed by atoms with van der Waals surface area (Å²) in [5.74, 6) is -1.25. The molecule has 0 radical (unpaired) electrons. The Balaban J connectivity index is 4.29. The van der Waals surface area contributed by atoms with E-state index in [-0.39, 0.29) is 24.6 Å². The van der Waals surface area contributed by atoms with Crippen molar-refractivity contribution in [3.05, 3.63) is 11.6 Å². The molecule has 0 aliphatic heterocycles. The van der Waals surface area contributed by atoms with E-state index in [9.17, 15) is 14.4 Å². The predicted molar refractivity (Wildman–Crippen MR) is 57.7 cm³/mol. The van der Waals surface area contributed by atoms with Crippen molar-refractivity contribution >= 4 is 18.3 Å². The van der Waals surface area contributed by atoms with E-state index in [0.29, 0.717) is 13.0 Å². The second-order valence-corrected chi connectivity index (χ2v) is 3.12. The van der Waals surface area contributed by atoms with Gasteiger partial charge in [-0.15, -0.1) is 0 Å². The fourth-order valence-electron chi connectivity index (χ4n) is 0.982. The Labute approximate surface area is 93.9 Å². The van der Waals surface area contributed by atoms with Crippen LogP contribution in [0.25, 0.3) is 0 Å². The van der Waals surface area contributed by atoms with Crippen LogP contribution in [0.4, 0.5) is 0 Å². The van der Waals surface area contributed by atoms with Crippen LogP contribution in [0.5, 0.6) is 0 Å². The molecule has 0 heterocycles. The topological polar surface area (TPSA) is 86.7 Å². The third-order valence-corrected chi connectivity index (χ3v) is 2.03. The van der Waals surface area contributed by atoms with Crippen LogP contribution in [0.3, 0.4) is 0 Å². The lowest BCUT2D eigenvalue weighted by atomic mass is 10.3. The third-order valence-electron chi connectivity index (χ3n) is 2.03. The number of nitrogens with one attached hydrogen (secondary N) is 1. The molecule has 2 amide bonds. The number of carboxylic acid groups (broad SMARTS) is 1. The van der Waals surface area contributed by atoms with Crippen LogP contribution in [-0.4, -0.2) is 47.9 Å². The Morgan fingerprint density at radius 2 is 2.06 bits per heavy atom. The fourth-order valence-corrected chi connectivity index (χ4v) is 0.982. The summed E-state index contributed by atoms with van der Waals surface area (Å²) in [6.07, 6.45) is 1.91. The van der Waals surface area contributed by atoms with E-state index in [4.69, 9.17) is 5.11 Å². The van der Waals surface area contributed by atoms with Crippen molar-refractivity contribution < 1.29 is 19.5 Å². The molecule has 0 saturated heterocycles. The highest BCUT2D eigenvalue weighted by Crippen LogP contribution is 1.95. The lowest BCUT2D eigenvalue weighted by Crippen LogP contribution is -2.38. The second kappa shape index (κ2) is 7.44. The summed E-state index contributed by atoms with van der Waals surface area (Å²) >= 11 is 0. The number of carboxylic acids is 1. The number of aliphatic carboxylic acids is 1. The fraction of sp³-hybridized carbons (Fsp3) is 0.500. The zero-order valence-corrected chi connectivity index (χ0v) is 9.40. The number of carbonyl (C=O) groups excluding carboxylic acids is 2. The van der Waals surface area contributed by atoms with Gasteiger partial charge in [0.25, 0.3) is 0 Å². The summed E-state index contributed by atoms with van der Waals surface area (Å²) in [7, 11) is 0. The van der Waals surface area contributed by atoms with Crippen molar-refractivity contribution in [2.45, 2.75) is 13.8 Å². The van der Waals surface area contributed by atoms with E-state index < -0.39 is 5.97 Å². The van der Waals surface area contributed by atoms with Crippen LogP contribution in [0.1, 0.15) is 13.8 Å². The van der Waals surface area contributed by atoms with Gasteiger partial charge in [-0.3, -0.25) is 9.59 Å². The Bertz CT molecular complexity index is 299. The molecule has 0 aromatic rings. The maximum absolute atomic E-state index is 11.4. The number of likely N-dealkylation sites (N-methyl/N-ethyl adjacent to an activating group) is 1. The van der Waals surface area contributed by atoms with Gasteiger partial charge in [0.1, 0.15) is 0 Å². The first-order valence-electron chi connectivity index (χ1n) is 4.87. The molecule has 0 aromatic carbocycles. The van der Waals surface area contributed by atoms with Gasteiger partial charge in [-0.25, -0.2) is 4.79 Å².